The Morgan fingerprint density at radius 3 is 2.40 bits per heavy atom. The van der Waals surface area contributed by atoms with E-state index in [0.29, 0.717) is 23.7 Å². The Hall–Kier alpha value is -3.06. The van der Waals surface area contributed by atoms with Crippen LogP contribution >= 0.6 is 0 Å². The molecule has 4 rings (SSSR count). The molecule has 1 amide bonds. The van der Waals surface area contributed by atoms with Crippen LogP contribution in [0.2, 0.25) is 0 Å². The van der Waals surface area contributed by atoms with Crippen LogP contribution in [0.3, 0.4) is 0 Å². The monoisotopic (exact) mass is 425 g/mol. The van der Waals surface area contributed by atoms with Crippen LogP contribution in [0, 0.1) is 0 Å². The number of nitrogens with zero attached hydrogens (tertiary/aromatic N) is 1. The van der Waals surface area contributed by atoms with Crippen molar-refractivity contribution in [3.63, 3.8) is 0 Å². The Bertz CT molecular complexity index is 1180. The SMILES string of the molecule is CCOc1ccc2ccccc2c1C(=O)N1CC(S(=O)(=O)c2ccc(OC)cc2)C1. The number of hydrogen-bond donors (Lipinski definition) is 0. The second kappa shape index (κ2) is 7.99. The zero-order valence-electron chi connectivity index (χ0n) is 16.9. The van der Waals surface area contributed by atoms with E-state index >= 15 is 0 Å². The zero-order valence-corrected chi connectivity index (χ0v) is 17.7. The third-order valence-corrected chi connectivity index (χ3v) is 7.47. The quantitative estimate of drug-likeness (QED) is 0.604. The molecular weight excluding hydrogens is 402 g/mol. The molecule has 1 saturated heterocycles. The van der Waals surface area contributed by atoms with Crippen LogP contribution in [-0.4, -0.2) is 51.3 Å². The molecule has 0 unspecified atom stereocenters. The molecule has 0 bridgehead atoms. The van der Waals surface area contributed by atoms with Crippen molar-refractivity contribution in [1.29, 1.82) is 0 Å². The van der Waals surface area contributed by atoms with Gasteiger partial charge in [0.1, 0.15) is 16.7 Å². The predicted molar refractivity (Wildman–Crippen MR) is 115 cm³/mol. The smallest absolute Gasteiger partial charge is 0.258 e. The highest BCUT2D eigenvalue weighted by Gasteiger charge is 2.41. The molecule has 0 atom stereocenters. The van der Waals surface area contributed by atoms with Crippen molar-refractivity contribution in [3.05, 3.63) is 66.2 Å². The highest BCUT2D eigenvalue weighted by molar-refractivity contribution is 7.92. The van der Waals surface area contributed by atoms with Crippen LogP contribution in [-0.2, 0) is 9.84 Å². The first-order valence-electron chi connectivity index (χ1n) is 9.77. The Balaban J connectivity index is 1.58. The van der Waals surface area contributed by atoms with Crippen molar-refractivity contribution in [3.8, 4) is 11.5 Å². The third kappa shape index (κ3) is 3.50. The predicted octanol–water partition coefficient (Wildman–Crippen LogP) is 3.55. The number of carbonyl (C=O) groups is 1. The van der Waals surface area contributed by atoms with E-state index in [1.165, 1.54) is 19.2 Å². The molecule has 3 aromatic carbocycles. The topological polar surface area (TPSA) is 72.9 Å². The first kappa shape index (κ1) is 20.2. The molecule has 6 nitrogen and oxygen atoms in total. The van der Waals surface area contributed by atoms with Gasteiger partial charge in [-0.25, -0.2) is 8.42 Å². The Morgan fingerprint density at radius 1 is 1.03 bits per heavy atom. The van der Waals surface area contributed by atoms with Gasteiger partial charge in [0.15, 0.2) is 9.84 Å². The number of likely N-dealkylation sites (tertiary alicyclic amines) is 1. The van der Waals surface area contributed by atoms with Crippen molar-refractivity contribution in [2.24, 2.45) is 0 Å². The van der Waals surface area contributed by atoms with Gasteiger partial charge in [-0.1, -0.05) is 30.3 Å². The molecule has 0 aromatic heterocycles. The second-order valence-corrected chi connectivity index (χ2v) is 9.37. The molecule has 1 aliphatic rings. The largest absolute Gasteiger partial charge is 0.497 e. The van der Waals surface area contributed by atoms with Gasteiger partial charge in [0.2, 0.25) is 0 Å². The van der Waals surface area contributed by atoms with Crippen LogP contribution in [0.15, 0.2) is 65.6 Å². The number of hydrogen-bond acceptors (Lipinski definition) is 5. The maximum atomic E-state index is 13.3. The van der Waals surface area contributed by atoms with E-state index in [9.17, 15) is 13.2 Å². The van der Waals surface area contributed by atoms with Gasteiger partial charge in [-0.05, 0) is 48.0 Å². The fraction of sp³-hybridized carbons (Fsp3) is 0.261. The van der Waals surface area contributed by atoms with Crippen LogP contribution in [0.1, 0.15) is 17.3 Å². The highest BCUT2D eigenvalue weighted by atomic mass is 32.2. The summed E-state index contributed by atoms with van der Waals surface area (Å²) < 4.78 is 36.6. The maximum absolute atomic E-state index is 13.3. The molecule has 3 aromatic rings. The summed E-state index contributed by atoms with van der Waals surface area (Å²) in [4.78, 5) is 15.1. The lowest BCUT2D eigenvalue weighted by atomic mass is 10.0. The zero-order chi connectivity index (χ0) is 21.3. The van der Waals surface area contributed by atoms with Gasteiger partial charge in [-0.2, -0.15) is 0 Å². The summed E-state index contributed by atoms with van der Waals surface area (Å²) in [6.07, 6.45) is 0. The number of sulfone groups is 1. The van der Waals surface area contributed by atoms with E-state index in [4.69, 9.17) is 9.47 Å². The van der Waals surface area contributed by atoms with Gasteiger partial charge in [-0.3, -0.25) is 4.79 Å². The van der Waals surface area contributed by atoms with Gasteiger partial charge in [0.25, 0.3) is 5.91 Å². The lowest BCUT2D eigenvalue weighted by Crippen LogP contribution is -2.56. The van der Waals surface area contributed by atoms with E-state index in [-0.39, 0.29) is 23.9 Å². The summed E-state index contributed by atoms with van der Waals surface area (Å²) in [6.45, 7) is 2.61. The van der Waals surface area contributed by atoms with Crippen molar-refractivity contribution >= 4 is 26.5 Å². The minimum absolute atomic E-state index is 0.155. The standard InChI is InChI=1S/C23H23NO5S/c1-3-29-21-13-8-16-6-4-5-7-20(16)22(21)23(25)24-14-19(15-24)30(26,27)18-11-9-17(28-2)10-12-18/h4-13,19H,3,14-15H2,1-2H3. The third-order valence-electron chi connectivity index (χ3n) is 5.37. The van der Waals surface area contributed by atoms with E-state index in [1.54, 1.807) is 23.1 Å². The molecule has 0 aliphatic carbocycles. The summed E-state index contributed by atoms with van der Waals surface area (Å²) >= 11 is 0. The Kier molecular flexibility index (Phi) is 5.39. The highest BCUT2D eigenvalue weighted by Crippen LogP contribution is 2.32. The number of amides is 1. The number of ether oxygens (including phenoxy) is 2. The van der Waals surface area contributed by atoms with E-state index in [2.05, 4.69) is 0 Å². The fourth-order valence-corrected chi connectivity index (χ4v) is 5.32. The molecule has 1 aliphatic heterocycles. The van der Waals surface area contributed by atoms with Crippen molar-refractivity contribution in [2.45, 2.75) is 17.1 Å². The fourth-order valence-electron chi connectivity index (χ4n) is 3.66. The minimum Gasteiger partial charge on any atom is -0.497 e. The average molecular weight is 426 g/mol. The van der Waals surface area contributed by atoms with Crippen molar-refractivity contribution in [2.75, 3.05) is 26.8 Å². The van der Waals surface area contributed by atoms with Gasteiger partial charge in [0.05, 0.1) is 24.2 Å². The van der Waals surface area contributed by atoms with Crippen molar-refractivity contribution < 1.29 is 22.7 Å². The molecule has 1 heterocycles. The number of rotatable bonds is 6. The lowest BCUT2D eigenvalue weighted by molar-refractivity contribution is 0.0657. The van der Waals surface area contributed by atoms with Gasteiger partial charge < -0.3 is 14.4 Å². The Morgan fingerprint density at radius 2 is 1.73 bits per heavy atom. The summed E-state index contributed by atoms with van der Waals surface area (Å²) in [5, 5.41) is 1.11. The summed E-state index contributed by atoms with van der Waals surface area (Å²) in [5.74, 6) is 0.901. The molecule has 0 radical (unpaired) electrons. The van der Waals surface area contributed by atoms with Crippen molar-refractivity contribution in [1.82, 2.24) is 4.90 Å². The summed E-state index contributed by atoms with van der Waals surface area (Å²) in [7, 11) is -1.99. The lowest BCUT2D eigenvalue weighted by Gasteiger charge is -2.39. The normalized spacial score (nSPS) is 14.4. The van der Waals surface area contributed by atoms with E-state index in [1.807, 2.05) is 37.3 Å². The second-order valence-electron chi connectivity index (χ2n) is 7.15. The van der Waals surface area contributed by atoms with Crippen LogP contribution in [0.5, 0.6) is 11.5 Å². The molecule has 0 saturated carbocycles. The molecular formula is C23H23NO5S. The first-order chi connectivity index (χ1) is 14.5. The van der Waals surface area contributed by atoms with E-state index < -0.39 is 15.1 Å². The van der Waals surface area contributed by atoms with Gasteiger partial charge in [0, 0.05) is 13.1 Å². The van der Waals surface area contributed by atoms with Gasteiger partial charge in [-0.15, -0.1) is 0 Å². The maximum Gasteiger partial charge on any atom is 0.258 e. The molecule has 156 valence electrons. The number of benzene rings is 3. The Labute approximate surface area is 175 Å². The molecule has 0 N–H and O–H groups in total. The molecule has 7 heteroatoms. The molecule has 0 spiro atoms. The summed E-state index contributed by atoms with van der Waals surface area (Å²) in [5.41, 5.74) is 0.482. The molecule has 1 fully saturated rings. The van der Waals surface area contributed by atoms with Crippen LogP contribution in [0.4, 0.5) is 0 Å². The van der Waals surface area contributed by atoms with Crippen LogP contribution < -0.4 is 9.47 Å². The minimum atomic E-state index is -3.52. The number of methoxy groups -OCH3 is 1. The average Bonchev–Trinajstić information content (AvgIpc) is 2.72. The van der Waals surface area contributed by atoms with Crippen LogP contribution in [0.25, 0.3) is 10.8 Å². The number of carbonyl (C=O) groups excluding carboxylic acids is 1. The van der Waals surface area contributed by atoms with Gasteiger partial charge >= 0.3 is 0 Å². The number of fused-ring (bicyclic) bond motifs is 1. The summed E-state index contributed by atoms with van der Waals surface area (Å²) in [6, 6.07) is 17.7. The van der Waals surface area contributed by atoms with E-state index in [0.717, 1.165) is 10.8 Å². The molecule has 30 heavy (non-hydrogen) atoms. The first-order valence-corrected chi connectivity index (χ1v) is 11.3.